The minimum atomic E-state index is -1.01. The number of rotatable bonds is 7. The first-order valence-electron chi connectivity index (χ1n) is 9.30. The molecule has 3 N–H and O–H groups in total. The highest BCUT2D eigenvalue weighted by Gasteiger charge is 2.50. The van der Waals surface area contributed by atoms with Crippen molar-refractivity contribution in [2.24, 2.45) is 0 Å². The number of nitrogens with zero attached hydrogens (tertiary/aromatic N) is 1. The first-order valence-corrected chi connectivity index (χ1v) is 9.30. The van der Waals surface area contributed by atoms with E-state index < -0.39 is 24.2 Å². The first-order chi connectivity index (χ1) is 13.5. The lowest BCUT2D eigenvalue weighted by Crippen LogP contribution is -2.56. The molecule has 0 saturated carbocycles. The summed E-state index contributed by atoms with van der Waals surface area (Å²) in [6.45, 7) is 1.93. The summed E-state index contributed by atoms with van der Waals surface area (Å²) in [4.78, 5) is 26.5. The van der Waals surface area contributed by atoms with Crippen LogP contribution >= 0.6 is 0 Å². The van der Waals surface area contributed by atoms with Gasteiger partial charge in [0.15, 0.2) is 0 Å². The lowest BCUT2D eigenvalue weighted by atomic mass is 9.77. The summed E-state index contributed by atoms with van der Waals surface area (Å²) in [6, 6.07) is 6.63. The Bertz CT molecular complexity index is 765. The zero-order chi connectivity index (χ0) is 20.3. The maximum atomic E-state index is 12.8. The number of nitrogens with one attached hydrogen (secondary N) is 1. The summed E-state index contributed by atoms with van der Waals surface area (Å²) >= 11 is 0. The largest absolute Gasteiger partial charge is 0.486 e. The second kappa shape index (κ2) is 8.72. The minimum absolute atomic E-state index is 0.114. The van der Waals surface area contributed by atoms with Gasteiger partial charge in [-0.15, -0.1) is 0 Å². The van der Waals surface area contributed by atoms with Crippen LogP contribution in [0, 0.1) is 0 Å². The molecule has 8 nitrogen and oxygen atoms in total. The second-order valence-electron chi connectivity index (χ2n) is 6.89. The Morgan fingerprint density at radius 1 is 1.32 bits per heavy atom. The number of ether oxygens (including phenoxy) is 2. The van der Waals surface area contributed by atoms with Crippen molar-refractivity contribution < 1.29 is 29.3 Å². The van der Waals surface area contributed by atoms with Crippen molar-refractivity contribution in [2.75, 3.05) is 33.4 Å². The fourth-order valence-electron chi connectivity index (χ4n) is 3.90. The third-order valence-corrected chi connectivity index (χ3v) is 5.18. The lowest BCUT2D eigenvalue weighted by Gasteiger charge is -2.40. The van der Waals surface area contributed by atoms with Gasteiger partial charge in [-0.25, -0.2) is 0 Å². The molecule has 152 valence electrons. The average molecular weight is 390 g/mol. The van der Waals surface area contributed by atoms with E-state index in [0.29, 0.717) is 17.9 Å². The van der Waals surface area contributed by atoms with Gasteiger partial charge in [-0.1, -0.05) is 18.2 Å². The van der Waals surface area contributed by atoms with Gasteiger partial charge in [0.1, 0.15) is 18.0 Å². The molecule has 2 aliphatic rings. The molecule has 3 rings (SSSR count). The number of para-hydroxylation sites is 1. The van der Waals surface area contributed by atoms with E-state index in [2.05, 4.69) is 5.32 Å². The third kappa shape index (κ3) is 3.76. The molecule has 0 aromatic heterocycles. The number of benzene rings is 1. The molecular weight excluding hydrogens is 364 g/mol. The molecule has 1 aliphatic heterocycles. The molecule has 1 aliphatic carbocycles. The van der Waals surface area contributed by atoms with Crippen LogP contribution in [0.15, 0.2) is 35.9 Å². The van der Waals surface area contributed by atoms with Crippen molar-refractivity contribution in [2.45, 2.75) is 31.1 Å². The summed E-state index contributed by atoms with van der Waals surface area (Å²) in [6.07, 6.45) is -0.0552. The van der Waals surface area contributed by atoms with Crippen molar-refractivity contribution in [1.29, 1.82) is 0 Å². The Hall–Kier alpha value is -2.42. The van der Waals surface area contributed by atoms with Gasteiger partial charge in [-0.2, -0.15) is 0 Å². The number of amides is 2. The number of hydrogen-bond donors (Lipinski definition) is 3. The Balaban J connectivity index is 2.01. The normalized spacial score (nSPS) is 25.2. The first kappa shape index (κ1) is 20.3. The number of aliphatic hydroxyl groups is 2. The standard InChI is InChI=1S/C20H26N2O6/c1-12(24)22(8-10-27-2)15-11-14(20(26)21-7-9-23)17-13-5-3-4-6-16(13)28-19(17)18(15)25/h3-6,11,15,17-19,23,25H,7-10H2,1-2H3,(H,21,26)/t15-,17+,18+,19+/m1/s1. The van der Waals surface area contributed by atoms with Gasteiger partial charge in [0, 0.05) is 38.3 Å². The monoisotopic (exact) mass is 390 g/mol. The molecule has 8 heteroatoms. The quantitative estimate of drug-likeness (QED) is 0.595. The van der Waals surface area contributed by atoms with E-state index in [9.17, 15) is 14.7 Å². The van der Waals surface area contributed by atoms with Gasteiger partial charge in [-0.05, 0) is 12.1 Å². The number of methoxy groups -OCH3 is 1. The van der Waals surface area contributed by atoms with E-state index in [1.54, 1.807) is 12.1 Å². The van der Waals surface area contributed by atoms with E-state index in [1.165, 1.54) is 18.9 Å². The Morgan fingerprint density at radius 2 is 2.07 bits per heavy atom. The highest BCUT2D eigenvalue weighted by atomic mass is 16.5. The highest BCUT2D eigenvalue weighted by Crippen LogP contribution is 2.47. The zero-order valence-corrected chi connectivity index (χ0v) is 16.0. The second-order valence-corrected chi connectivity index (χ2v) is 6.89. The predicted molar refractivity (Wildman–Crippen MR) is 101 cm³/mol. The molecule has 0 radical (unpaired) electrons. The summed E-state index contributed by atoms with van der Waals surface area (Å²) in [5.41, 5.74) is 1.24. The van der Waals surface area contributed by atoms with Crippen LogP contribution in [-0.2, 0) is 14.3 Å². The van der Waals surface area contributed by atoms with Gasteiger partial charge in [0.2, 0.25) is 11.8 Å². The van der Waals surface area contributed by atoms with Crippen LogP contribution in [0.5, 0.6) is 5.75 Å². The molecule has 0 bridgehead atoms. The number of carbonyl (C=O) groups is 2. The van der Waals surface area contributed by atoms with Crippen molar-refractivity contribution >= 4 is 11.8 Å². The predicted octanol–water partition coefficient (Wildman–Crippen LogP) is -0.196. The van der Waals surface area contributed by atoms with Crippen LogP contribution in [0.3, 0.4) is 0 Å². The van der Waals surface area contributed by atoms with Crippen molar-refractivity contribution in [3.8, 4) is 5.75 Å². The van der Waals surface area contributed by atoms with E-state index in [0.717, 1.165) is 5.56 Å². The summed E-state index contributed by atoms with van der Waals surface area (Å²) < 4.78 is 11.1. The minimum Gasteiger partial charge on any atom is -0.486 e. The molecule has 28 heavy (non-hydrogen) atoms. The lowest BCUT2D eigenvalue weighted by molar-refractivity contribution is -0.135. The van der Waals surface area contributed by atoms with E-state index in [1.807, 2.05) is 18.2 Å². The summed E-state index contributed by atoms with van der Waals surface area (Å²) in [5, 5.41) is 22.7. The molecule has 2 amide bonds. The van der Waals surface area contributed by atoms with Gasteiger partial charge in [0.05, 0.1) is 25.2 Å². The molecule has 0 fully saturated rings. The van der Waals surface area contributed by atoms with Gasteiger partial charge < -0.3 is 29.9 Å². The SMILES string of the molecule is COCCN(C(C)=O)[C@@H]1C=C(C(=O)NCCO)[C@@H]2c3ccccc3O[C@@H]2[C@H]1O. The molecule has 0 saturated heterocycles. The molecule has 4 atom stereocenters. The van der Waals surface area contributed by atoms with Gasteiger partial charge in [-0.3, -0.25) is 9.59 Å². The van der Waals surface area contributed by atoms with Gasteiger partial charge >= 0.3 is 0 Å². The van der Waals surface area contributed by atoms with E-state index in [-0.39, 0.29) is 31.5 Å². The van der Waals surface area contributed by atoms with E-state index in [4.69, 9.17) is 14.6 Å². The Morgan fingerprint density at radius 3 is 2.75 bits per heavy atom. The molecule has 1 aromatic rings. The maximum absolute atomic E-state index is 12.8. The smallest absolute Gasteiger partial charge is 0.247 e. The molecule has 1 heterocycles. The van der Waals surface area contributed by atoms with Crippen LogP contribution in [0.1, 0.15) is 18.4 Å². The number of fused-ring (bicyclic) bond motifs is 3. The highest BCUT2D eigenvalue weighted by molar-refractivity contribution is 5.96. The molecule has 0 unspecified atom stereocenters. The van der Waals surface area contributed by atoms with Crippen LogP contribution in [0.4, 0.5) is 0 Å². The Labute approximate surface area is 163 Å². The van der Waals surface area contributed by atoms with Gasteiger partial charge in [0.25, 0.3) is 0 Å². The van der Waals surface area contributed by atoms with Crippen LogP contribution in [-0.4, -0.2) is 78.6 Å². The topological polar surface area (TPSA) is 108 Å². The molecular formula is C20H26N2O6. The summed E-state index contributed by atoms with van der Waals surface area (Å²) in [7, 11) is 1.53. The fraction of sp³-hybridized carbons (Fsp3) is 0.500. The van der Waals surface area contributed by atoms with Crippen LogP contribution in [0.25, 0.3) is 0 Å². The molecule has 0 spiro atoms. The zero-order valence-electron chi connectivity index (χ0n) is 16.0. The van der Waals surface area contributed by atoms with E-state index >= 15 is 0 Å². The Kier molecular flexibility index (Phi) is 6.33. The summed E-state index contributed by atoms with van der Waals surface area (Å²) in [5.74, 6) is -0.417. The average Bonchev–Trinajstić information content (AvgIpc) is 3.08. The fourth-order valence-corrected chi connectivity index (χ4v) is 3.90. The number of hydrogen-bond acceptors (Lipinski definition) is 6. The van der Waals surface area contributed by atoms with Crippen LogP contribution < -0.4 is 10.1 Å². The van der Waals surface area contributed by atoms with Crippen LogP contribution in [0.2, 0.25) is 0 Å². The van der Waals surface area contributed by atoms with Crippen molar-refractivity contribution in [3.05, 3.63) is 41.5 Å². The van der Waals surface area contributed by atoms with Crippen molar-refractivity contribution in [3.63, 3.8) is 0 Å². The van der Waals surface area contributed by atoms with Crippen molar-refractivity contribution in [1.82, 2.24) is 10.2 Å². The number of aliphatic hydroxyl groups excluding tert-OH is 2. The maximum Gasteiger partial charge on any atom is 0.247 e. The molecule has 1 aromatic carbocycles. The number of carbonyl (C=O) groups excluding carboxylic acids is 2. The third-order valence-electron chi connectivity index (χ3n) is 5.18.